The van der Waals surface area contributed by atoms with E-state index in [-0.39, 0.29) is 0 Å². The largest absolute Gasteiger partial charge is 0.497 e. The summed E-state index contributed by atoms with van der Waals surface area (Å²) in [6.07, 6.45) is 6.76. The first-order valence-corrected chi connectivity index (χ1v) is 6.62. The Balaban J connectivity index is 1.74. The van der Waals surface area contributed by atoms with Crippen LogP contribution in [0.4, 0.5) is 0 Å². The van der Waals surface area contributed by atoms with E-state index in [9.17, 15) is 0 Å². The van der Waals surface area contributed by atoms with E-state index in [1.165, 1.54) is 5.56 Å². The Morgan fingerprint density at radius 3 is 2.50 bits per heavy atom. The highest BCUT2D eigenvalue weighted by Gasteiger charge is 1.94. The van der Waals surface area contributed by atoms with E-state index in [1.807, 2.05) is 54.5 Å². The number of methoxy groups -OCH3 is 1. The summed E-state index contributed by atoms with van der Waals surface area (Å²) >= 11 is 0. The van der Waals surface area contributed by atoms with Crippen LogP contribution in [0.25, 0.3) is 0 Å². The summed E-state index contributed by atoms with van der Waals surface area (Å²) in [5.41, 5.74) is 5.40. The number of hydrogen-bond donors (Lipinski definition) is 1. The number of benzene rings is 1. The molecule has 0 aliphatic heterocycles. The molecule has 0 fully saturated rings. The van der Waals surface area contributed by atoms with Gasteiger partial charge in [0.15, 0.2) is 12.4 Å². The molecule has 0 aliphatic carbocycles. The number of hydrazone groups is 1. The molecule has 0 unspecified atom stereocenters. The highest BCUT2D eigenvalue weighted by molar-refractivity contribution is 5.78. The molecule has 4 heteroatoms. The van der Waals surface area contributed by atoms with Crippen LogP contribution >= 0.6 is 0 Å². The van der Waals surface area contributed by atoms with E-state index >= 15 is 0 Å². The Labute approximate surface area is 119 Å². The third-order valence-electron chi connectivity index (χ3n) is 2.99. The van der Waals surface area contributed by atoms with Gasteiger partial charge < -0.3 is 10.2 Å². The molecular formula is C16H20N3O+. The van der Waals surface area contributed by atoms with Gasteiger partial charge in [0.25, 0.3) is 0 Å². The molecule has 0 saturated carbocycles. The highest BCUT2D eigenvalue weighted by Crippen LogP contribution is 2.11. The summed E-state index contributed by atoms with van der Waals surface area (Å²) in [5, 5.41) is 4.21. The van der Waals surface area contributed by atoms with Crippen molar-refractivity contribution in [1.82, 2.24) is 5.43 Å². The Morgan fingerprint density at radius 1 is 1.15 bits per heavy atom. The number of aryl methyl sites for hydroxylation is 1. The topological polar surface area (TPSA) is 37.5 Å². The second kappa shape index (κ2) is 7.28. The molecule has 1 aromatic carbocycles. The number of nitrogens with zero attached hydrogens (tertiary/aromatic N) is 2. The fourth-order valence-corrected chi connectivity index (χ4v) is 1.78. The minimum atomic E-state index is 0.809. The normalized spacial score (nSPS) is 10.7. The molecule has 1 N–H and O–H groups in total. The maximum absolute atomic E-state index is 5.13. The smallest absolute Gasteiger partial charge is 0.169 e. The van der Waals surface area contributed by atoms with E-state index in [2.05, 4.69) is 22.7 Å². The quantitative estimate of drug-likeness (QED) is 0.375. The summed E-state index contributed by atoms with van der Waals surface area (Å²) in [6.45, 7) is 0.809. The van der Waals surface area contributed by atoms with Crippen molar-refractivity contribution in [3.63, 3.8) is 0 Å². The predicted molar refractivity (Wildman–Crippen MR) is 79.9 cm³/mol. The fourth-order valence-electron chi connectivity index (χ4n) is 1.78. The van der Waals surface area contributed by atoms with Crippen LogP contribution < -0.4 is 14.7 Å². The summed E-state index contributed by atoms with van der Waals surface area (Å²) in [4.78, 5) is 0. The van der Waals surface area contributed by atoms with Gasteiger partial charge in [-0.3, -0.25) is 0 Å². The van der Waals surface area contributed by atoms with Gasteiger partial charge in [-0.15, -0.1) is 0 Å². The van der Waals surface area contributed by atoms with Gasteiger partial charge in [-0.1, -0.05) is 12.1 Å². The average molecular weight is 270 g/mol. The van der Waals surface area contributed by atoms with Crippen LogP contribution in [0.3, 0.4) is 0 Å². The number of ether oxygens (including phenoxy) is 1. The maximum Gasteiger partial charge on any atom is 0.169 e. The zero-order chi connectivity index (χ0) is 14.2. The summed E-state index contributed by atoms with van der Waals surface area (Å²) in [6, 6.07) is 12.1. The van der Waals surface area contributed by atoms with Crippen molar-refractivity contribution in [1.29, 1.82) is 0 Å². The summed E-state index contributed by atoms with van der Waals surface area (Å²) in [5.74, 6) is 0.886. The Bertz CT molecular complexity index is 547. The van der Waals surface area contributed by atoms with Gasteiger partial charge in [-0.2, -0.15) is 5.10 Å². The lowest BCUT2D eigenvalue weighted by atomic mass is 10.1. The average Bonchev–Trinajstić information content (AvgIpc) is 2.49. The van der Waals surface area contributed by atoms with Crippen LogP contribution in [0, 0.1) is 0 Å². The number of pyridine rings is 1. The minimum Gasteiger partial charge on any atom is -0.497 e. The molecule has 1 heterocycles. The Kier molecular flexibility index (Phi) is 5.12. The van der Waals surface area contributed by atoms with E-state index in [4.69, 9.17) is 4.74 Å². The Hall–Kier alpha value is -2.36. The molecule has 0 spiro atoms. The van der Waals surface area contributed by atoms with E-state index in [0.29, 0.717) is 0 Å². The van der Waals surface area contributed by atoms with Gasteiger partial charge in [0.05, 0.1) is 13.3 Å². The van der Waals surface area contributed by atoms with Crippen molar-refractivity contribution in [2.45, 2.75) is 6.42 Å². The molecular weight excluding hydrogens is 250 g/mol. The lowest BCUT2D eigenvalue weighted by Crippen LogP contribution is -2.25. The number of hydrogen-bond acceptors (Lipinski definition) is 3. The summed E-state index contributed by atoms with van der Waals surface area (Å²) < 4.78 is 7.12. The fraction of sp³-hybridized carbons (Fsp3) is 0.250. The number of aromatic nitrogens is 1. The predicted octanol–water partition coefficient (Wildman–Crippen LogP) is 1.69. The second-order valence-corrected chi connectivity index (χ2v) is 4.56. The number of rotatable bonds is 6. The minimum absolute atomic E-state index is 0.809. The van der Waals surface area contributed by atoms with Crippen molar-refractivity contribution in [2.24, 2.45) is 12.1 Å². The standard InChI is InChI=1S/C16H19N3O/c1-19-11-8-15(9-12-19)13-18-17-10-7-14-3-5-16(20-2)6-4-14/h3-6,8-9,11-13H,7,10H2,1-2H3/p+1. The first-order valence-electron chi connectivity index (χ1n) is 6.62. The zero-order valence-corrected chi connectivity index (χ0v) is 11.9. The van der Waals surface area contributed by atoms with Gasteiger partial charge >= 0.3 is 0 Å². The molecule has 104 valence electrons. The monoisotopic (exact) mass is 270 g/mol. The lowest BCUT2D eigenvalue weighted by Gasteiger charge is -2.03. The van der Waals surface area contributed by atoms with E-state index < -0.39 is 0 Å². The third-order valence-corrected chi connectivity index (χ3v) is 2.99. The summed E-state index contributed by atoms with van der Waals surface area (Å²) in [7, 11) is 3.67. The van der Waals surface area contributed by atoms with E-state index in [1.54, 1.807) is 7.11 Å². The van der Waals surface area contributed by atoms with Crippen LogP contribution in [0.2, 0.25) is 0 Å². The molecule has 0 radical (unpaired) electrons. The third kappa shape index (κ3) is 4.39. The SMILES string of the molecule is COc1ccc(CCNN=Cc2cc[n+](C)cc2)cc1. The van der Waals surface area contributed by atoms with Crippen LogP contribution in [0.15, 0.2) is 53.9 Å². The molecule has 0 amide bonds. The maximum atomic E-state index is 5.13. The van der Waals surface area contributed by atoms with Crippen LogP contribution in [0.1, 0.15) is 11.1 Å². The van der Waals surface area contributed by atoms with Crippen molar-refractivity contribution in [3.8, 4) is 5.75 Å². The van der Waals surface area contributed by atoms with Crippen molar-refractivity contribution in [2.75, 3.05) is 13.7 Å². The molecule has 1 aromatic heterocycles. The molecule has 0 atom stereocenters. The first kappa shape index (κ1) is 14.1. The van der Waals surface area contributed by atoms with Crippen LogP contribution in [-0.4, -0.2) is 19.9 Å². The van der Waals surface area contributed by atoms with Crippen LogP contribution in [-0.2, 0) is 13.5 Å². The van der Waals surface area contributed by atoms with Gasteiger partial charge in [0.1, 0.15) is 12.8 Å². The van der Waals surface area contributed by atoms with Gasteiger partial charge in [-0.25, -0.2) is 4.57 Å². The van der Waals surface area contributed by atoms with Crippen LogP contribution in [0.5, 0.6) is 5.75 Å². The Morgan fingerprint density at radius 2 is 1.85 bits per heavy atom. The molecule has 2 rings (SSSR count). The van der Waals surface area contributed by atoms with Crippen molar-refractivity contribution in [3.05, 3.63) is 59.9 Å². The first-order chi connectivity index (χ1) is 9.78. The number of nitrogens with one attached hydrogen (secondary N) is 1. The van der Waals surface area contributed by atoms with Gasteiger partial charge in [0.2, 0.25) is 0 Å². The van der Waals surface area contributed by atoms with Gasteiger partial charge in [-0.05, 0) is 24.1 Å². The molecule has 4 nitrogen and oxygen atoms in total. The van der Waals surface area contributed by atoms with E-state index in [0.717, 1.165) is 24.3 Å². The molecule has 2 aromatic rings. The lowest BCUT2D eigenvalue weighted by molar-refractivity contribution is -0.671. The van der Waals surface area contributed by atoms with Crippen molar-refractivity contribution >= 4 is 6.21 Å². The zero-order valence-electron chi connectivity index (χ0n) is 11.9. The highest BCUT2D eigenvalue weighted by atomic mass is 16.5. The molecule has 0 aliphatic rings. The van der Waals surface area contributed by atoms with Crippen molar-refractivity contribution < 1.29 is 9.30 Å². The molecule has 0 bridgehead atoms. The molecule has 20 heavy (non-hydrogen) atoms. The van der Waals surface area contributed by atoms with Gasteiger partial charge in [0, 0.05) is 24.2 Å². The second-order valence-electron chi connectivity index (χ2n) is 4.56. The molecule has 0 saturated heterocycles.